The molecule has 158 valence electrons. The smallest absolute Gasteiger partial charge is 0.260 e. The van der Waals surface area contributed by atoms with E-state index in [1.807, 2.05) is 62.4 Å². The third-order valence-corrected chi connectivity index (χ3v) is 5.60. The summed E-state index contributed by atoms with van der Waals surface area (Å²) in [5.41, 5.74) is 4.03. The number of aromatic nitrogens is 1. The van der Waals surface area contributed by atoms with Crippen molar-refractivity contribution in [2.45, 2.75) is 32.4 Å². The number of pyridine rings is 1. The second-order valence-corrected chi connectivity index (χ2v) is 7.73. The first-order chi connectivity index (χ1) is 15.0. The summed E-state index contributed by atoms with van der Waals surface area (Å²) in [6, 6.07) is 18.2. The zero-order valence-electron chi connectivity index (χ0n) is 17.8. The van der Waals surface area contributed by atoms with Crippen molar-refractivity contribution >= 4 is 17.5 Å². The van der Waals surface area contributed by atoms with Crippen molar-refractivity contribution in [1.82, 2.24) is 10.3 Å². The van der Waals surface area contributed by atoms with Crippen LogP contribution >= 0.6 is 0 Å². The first-order valence-electron chi connectivity index (χ1n) is 10.3. The molecular formula is C25H25N3O3. The second kappa shape index (κ2) is 8.60. The summed E-state index contributed by atoms with van der Waals surface area (Å²) in [6.07, 6.45) is 1.79. The van der Waals surface area contributed by atoms with Crippen LogP contribution < -0.4 is 15.0 Å². The predicted octanol–water partition coefficient (Wildman–Crippen LogP) is 4.37. The topological polar surface area (TPSA) is 71.5 Å². The molecule has 1 aliphatic heterocycles. The number of hydrogen-bond donors (Lipinski definition) is 1. The van der Waals surface area contributed by atoms with E-state index in [-0.39, 0.29) is 24.3 Å². The lowest BCUT2D eigenvalue weighted by Crippen LogP contribution is -2.34. The van der Waals surface area contributed by atoms with Crippen LogP contribution in [0.1, 0.15) is 52.6 Å². The van der Waals surface area contributed by atoms with E-state index in [0.717, 1.165) is 22.6 Å². The third kappa shape index (κ3) is 4.14. The van der Waals surface area contributed by atoms with Gasteiger partial charge in [0.2, 0.25) is 5.91 Å². The molecule has 2 heterocycles. The molecule has 0 bridgehead atoms. The lowest BCUT2D eigenvalue weighted by Gasteiger charge is -2.25. The van der Waals surface area contributed by atoms with Gasteiger partial charge >= 0.3 is 0 Å². The van der Waals surface area contributed by atoms with Gasteiger partial charge in [0, 0.05) is 11.9 Å². The Kier molecular flexibility index (Phi) is 5.71. The Balaban J connectivity index is 1.55. The molecule has 0 radical (unpaired) electrons. The molecular weight excluding hydrogens is 390 g/mol. The molecule has 6 heteroatoms. The Morgan fingerprint density at radius 3 is 2.52 bits per heavy atom. The lowest BCUT2D eigenvalue weighted by molar-refractivity contribution is -0.122. The van der Waals surface area contributed by atoms with Crippen molar-refractivity contribution in [3.8, 4) is 5.75 Å². The minimum atomic E-state index is -0.450. The Hall–Kier alpha value is -3.67. The fourth-order valence-electron chi connectivity index (χ4n) is 3.90. The number of nitrogens with one attached hydrogen (secondary N) is 1. The average Bonchev–Trinajstić information content (AvgIpc) is 3.06. The van der Waals surface area contributed by atoms with Crippen LogP contribution in [0.4, 0.5) is 5.69 Å². The monoisotopic (exact) mass is 415 g/mol. The van der Waals surface area contributed by atoms with Gasteiger partial charge < -0.3 is 10.1 Å². The molecule has 4 rings (SSSR count). The van der Waals surface area contributed by atoms with Crippen LogP contribution in [0.15, 0.2) is 66.9 Å². The number of aryl methyl sites for hydroxylation is 1. The van der Waals surface area contributed by atoms with Crippen LogP contribution in [0.2, 0.25) is 0 Å². The summed E-state index contributed by atoms with van der Waals surface area (Å²) < 4.78 is 5.19. The van der Waals surface area contributed by atoms with Crippen LogP contribution in [0.5, 0.6) is 5.75 Å². The standard InChI is InChI=1S/C25H25N3O3/c1-16-6-10-19(11-7-16)28-22(24-21(25(28)30)5-4-14-26-24)15-23(29)27-17(2)18-8-12-20(31-3)13-9-18/h4-14,17,22H,15H2,1-3H3,(H,27,29)/t17-,22-/m1/s1. The van der Waals surface area contributed by atoms with Crippen molar-refractivity contribution < 1.29 is 14.3 Å². The number of fused-ring (bicyclic) bond motifs is 1. The van der Waals surface area contributed by atoms with E-state index in [4.69, 9.17) is 4.74 Å². The van der Waals surface area contributed by atoms with E-state index in [1.54, 1.807) is 30.3 Å². The maximum Gasteiger partial charge on any atom is 0.260 e. The Bertz CT molecular complexity index is 1090. The lowest BCUT2D eigenvalue weighted by atomic mass is 10.1. The third-order valence-electron chi connectivity index (χ3n) is 5.60. The highest BCUT2D eigenvalue weighted by atomic mass is 16.5. The van der Waals surface area contributed by atoms with Gasteiger partial charge in [-0.2, -0.15) is 0 Å². The van der Waals surface area contributed by atoms with Crippen LogP contribution in [0.25, 0.3) is 0 Å². The van der Waals surface area contributed by atoms with Gasteiger partial charge in [0.1, 0.15) is 5.75 Å². The van der Waals surface area contributed by atoms with E-state index in [1.165, 1.54) is 0 Å². The molecule has 0 fully saturated rings. The van der Waals surface area contributed by atoms with Crippen LogP contribution in [-0.4, -0.2) is 23.9 Å². The van der Waals surface area contributed by atoms with E-state index in [2.05, 4.69) is 10.3 Å². The first kappa shape index (κ1) is 20.6. The van der Waals surface area contributed by atoms with Crippen molar-refractivity contribution in [2.75, 3.05) is 12.0 Å². The molecule has 6 nitrogen and oxygen atoms in total. The Labute approximate surface area is 181 Å². The van der Waals surface area contributed by atoms with E-state index in [9.17, 15) is 9.59 Å². The maximum atomic E-state index is 13.1. The first-order valence-corrected chi connectivity index (χ1v) is 10.3. The number of nitrogens with zero attached hydrogens (tertiary/aromatic N) is 2. The zero-order valence-corrected chi connectivity index (χ0v) is 17.8. The van der Waals surface area contributed by atoms with Gasteiger partial charge in [0.15, 0.2) is 0 Å². The van der Waals surface area contributed by atoms with Gasteiger partial charge in [-0.1, -0.05) is 29.8 Å². The summed E-state index contributed by atoms with van der Waals surface area (Å²) in [5, 5.41) is 3.04. The fraction of sp³-hybridized carbons (Fsp3) is 0.240. The van der Waals surface area contributed by atoms with Gasteiger partial charge in [0.05, 0.1) is 36.9 Å². The highest BCUT2D eigenvalue weighted by Crippen LogP contribution is 2.38. The molecule has 0 spiro atoms. The summed E-state index contributed by atoms with van der Waals surface area (Å²) >= 11 is 0. The number of ether oxygens (including phenoxy) is 1. The number of anilines is 1. The number of carbonyl (C=O) groups is 2. The predicted molar refractivity (Wildman–Crippen MR) is 119 cm³/mol. The maximum absolute atomic E-state index is 13.1. The van der Waals surface area contributed by atoms with Crippen LogP contribution in [0.3, 0.4) is 0 Å². The normalized spacial score (nSPS) is 16.0. The van der Waals surface area contributed by atoms with Gasteiger partial charge in [0.25, 0.3) is 5.91 Å². The minimum Gasteiger partial charge on any atom is -0.497 e. The van der Waals surface area contributed by atoms with Gasteiger partial charge in [-0.05, 0) is 55.8 Å². The van der Waals surface area contributed by atoms with Crippen molar-refractivity contribution in [3.05, 3.63) is 89.2 Å². The highest BCUT2D eigenvalue weighted by Gasteiger charge is 2.40. The zero-order chi connectivity index (χ0) is 22.0. The molecule has 1 N–H and O–H groups in total. The van der Waals surface area contributed by atoms with Gasteiger partial charge in [-0.25, -0.2) is 0 Å². The molecule has 31 heavy (non-hydrogen) atoms. The summed E-state index contributed by atoms with van der Waals surface area (Å²) in [6.45, 7) is 3.93. The Morgan fingerprint density at radius 1 is 1.13 bits per heavy atom. The molecule has 1 aromatic heterocycles. The molecule has 2 atom stereocenters. The number of amides is 2. The number of rotatable bonds is 6. The summed E-state index contributed by atoms with van der Waals surface area (Å²) in [7, 11) is 1.62. The van der Waals surface area contributed by atoms with Crippen molar-refractivity contribution in [3.63, 3.8) is 0 Å². The highest BCUT2D eigenvalue weighted by molar-refractivity contribution is 6.11. The number of methoxy groups -OCH3 is 1. The molecule has 0 aliphatic carbocycles. The van der Waals surface area contributed by atoms with E-state index >= 15 is 0 Å². The fourth-order valence-corrected chi connectivity index (χ4v) is 3.90. The largest absolute Gasteiger partial charge is 0.497 e. The minimum absolute atomic E-state index is 0.129. The van der Waals surface area contributed by atoms with E-state index in [0.29, 0.717) is 11.3 Å². The number of hydrogen-bond acceptors (Lipinski definition) is 4. The molecule has 2 amide bonds. The molecule has 1 aliphatic rings. The van der Waals surface area contributed by atoms with Gasteiger partial charge in [-0.3, -0.25) is 19.5 Å². The quantitative estimate of drug-likeness (QED) is 0.649. The van der Waals surface area contributed by atoms with Crippen molar-refractivity contribution in [2.24, 2.45) is 0 Å². The second-order valence-electron chi connectivity index (χ2n) is 7.73. The van der Waals surface area contributed by atoms with Crippen LogP contribution in [0, 0.1) is 6.92 Å². The van der Waals surface area contributed by atoms with Gasteiger partial charge in [-0.15, -0.1) is 0 Å². The van der Waals surface area contributed by atoms with Crippen molar-refractivity contribution in [1.29, 1.82) is 0 Å². The summed E-state index contributed by atoms with van der Waals surface area (Å²) in [4.78, 5) is 32.2. The van der Waals surface area contributed by atoms with Crippen LogP contribution in [-0.2, 0) is 4.79 Å². The number of benzene rings is 2. The van der Waals surface area contributed by atoms with E-state index < -0.39 is 6.04 Å². The average molecular weight is 415 g/mol. The molecule has 0 unspecified atom stereocenters. The molecule has 0 saturated carbocycles. The summed E-state index contributed by atoms with van der Waals surface area (Å²) in [5.74, 6) is 0.493. The molecule has 0 saturated heterocycles. The molecule has 3 aromatic rings. The Morgan fingerprint density at radius 2 is 1.84 bits per heavy atom. The SMILES string of the molecule is COc1ccc([C@@H](C)NC(=O)C[C@@H]2c3ncccc3C(=O)N2c2ccc(C)cc2)cc1. The molecule has 2 aromatic carbocycles. The number of carbonyl (C=O) groups excluding carboxylic acids is 2.